The average Bonchev–Trinajstić information content (AvgIpc) is 2.28. The summed E-state index contributed by atoms with van der Waals surface area (Å²) in [5.74, 6) is 0.0902. The van der Waals surface area contributed by atoms with E-state index in [1.807, 2.05) is 18.7 Å². The molecule has 1 fully saturated rings. The molecule has 0 unspecified atom stereocenters. The summed E-state index contributed by atoms with van der Waals surface area (Å²) >= 11 is 0. The van der Waals surface area contributed by atoms with Crippen LogP contribution in [0.2, 0.25) is 0 Å². The van der Waals surface area contributed by atoms with Gasteiger partial charge in [0.2, 0.25) is 5.91 Å². The highest BCUT2D eigenvalue weighted by atomic mass is 16.5. The first kappa shape index (κ1) is 12.5. The molecule has 0 saturated carbocycles. The second-order valence-electron chi connectivity index (χ2n) is 3.99. The largest absolute Gasteiger partial charge is 0.378 e. The van der Waals surface area contributed by atoms with Crippen LogP contribution in [0.1, 0.15) is 33.1 Å². The minimum Gasteiger partial charge on any atom is -0.378 e. The number of likely N-dealkylation sites (tertiary alicyclic amines) is 1. The van der Waals surface area contributed by atoms with Crippen LogP contribution in [0.5, 0.6) is 0 Å². The van der Waals surface area contributed by atoms with Gasteiger partial charge in [0, 0.05) is 19.7 Å². The highest BCUT2D eigenvalue weighted by Gasteiger charge is 2.25. The predicted octanol–water partition coefficient (Wildman–Crippen LogP) is 0.751. The molecule has 1 amide bonds. The molecule has 1 aliphatic heterocycles. The third-order valence-corrected chi connectivity index (χ3v) is 2.91. The molecule has 0 bridgehead atoms. The quantitative estimate of drug-likeness (QED) is 0.751. The molecule has 0 aromatic carbocycles. The molecule has 88 valence electrons. The molecule has 4 nitrogen and oxygen atoms in total. The Hall–Kier alpha value is -0.610. The van der Waals surface area contributed by atoms with Crippen LogP contribution in [0.25, 0.3) is 0 Å². The van der Waals surface area contributed by atoms with Crippen molar-refractivity contribution in [3.63, 3.8) is 0 Å². The van der Waals surface area contributed by atoms with Crippen molar-refractivity contribution in [1.29, 1.82) is 0 Å². The van der Waals surface area contributed by atoms with Crippen LogP contribution in [0.15, 0.2) is 0 Å². The standard InChI is InChI=1S/C11H22N2O2/c1-3-10(12)11(14)13-7-5-9(6-8-13)15-4-2/h9-10H,3-8,12H2,1-2H3/t10-/m0/s1. The fourth-order valence-corrected chi connectivity index (χ4v) is 1.89. The number of nitrogens with two attached hydrogens (primary N) is 1. The molecule has 1 aliphatic rings. The Labute approximate surface area is 91.8 Å². The maximum Gasteiger partial charge on any atom is 0.239 e. The van der Waals surface area contributed by atoms with Gasteiger partial charge in [0.25, 0.3) is 0 Å². The predicted molar refractivity (Wildman–Crippen MR) is 59.5 cm³/mol. The Morgan fingerprint density at radius 3 is 2.53 bits per heavy atom. The smallest absolute Gasteiger partial charge is 0.239 e. The Balaban J connectivity index is 2.33. The van der Waals surface area contributed by atoms with Crippen molar-refractivity contribution in [2.45, 2.75) is 45.3 Å². The first-order chi connectivity index (χ1) is 7.19. The molecule has 0 radical (unpaired) electrons. The number of carbonyl (C=O) groups is 1. The van der Waals surface area contributed by atoms with E-state index >= 15 is 0 Å². The molecular formula is C11H22N2O2. The SMILES string of the molecule is CCOC1CCN(C(=O)[C@@H](N)CC)CC1. The van der Waals surface area contributed by atoms with Crippen molar-refractivity contribution < 1.29 is 9.53 Å². The Morgan fingerprint density at radius 2 is 2.07 bits per heavy atom. The van der Waals surface area contributed by atoms with Crippen molar-refractivity contribution in [1.82, 2.24) is 4.90 Å². The van der Waals surface area contributed by atoms with E-state index in [0.717, 1.165) is 32.5 Å². The maximum absolute atomic E-state index is 11.8. The molecule has 0 aromatic heterocycles. The number of ether oxygens (including phenoxy) is 1. The van der Waals surface area contributed by atoms with Gasteiger partial charge in [-0.1, -0.05) is 6.92 Å². The Bertz CT molecular complexity index is 201. The number of amides is 1. The van der Waals surface area contributed by atoms with E-state index in [0.29, 0.717) is 12.5 Å². The number of piperidine rings is 1. The van der Waals surface area contributed by atoms with Crippen molar-refractivity contribution in [3.05, 3.63) is 0 Å². The molecule has 15 heavy (non-hydrogen) atoms. The van der Waals surface area contributed by atoms with Gasteiger partial charge in [0.15, 0.2) is 0 Å². The number of hydrogen-bond donors (Lipinski definition) is 1. The lowest BCUT2D eigenvalue weighted by Crippen LogP contribution is -2.48. The van der Waals surface area contributed by atoms with Gasteiger partial charge < -0.3 is 15.4 Å². The van der Waals surface area contributed by atoms with Crippen LogP contribution < -0.4 is 5.73 Å². The Morgan fingerprint density at radius 1 is 1.47 bits per heavy atom. The third kappa shape index (κ3) is 3.47. The number of hydrogen-bond acceptors (Lipinski definition) is 3. The van der Waals surface area contributed by atoms with E-state index in [4.69, 9.17) is 10.5 Å². The zero-order chi connectivity index (χ0) is 11.3. The van der Waals surface area contributed by atoms with E-state index in [9.17, 15) is 4.79 Å². The normalized spacial score (nSPS) is 20.3. The molecule has 0 aromatic rings. The lowest BCUT2D eigenvalue weighted by atomic mass is 10.1. The number of nitrogens with zero attached hydrogens (tertiary/aromatic N) is 1. The van der Waals surface area contributed by atoms with Crippen LogP contribution >= 0.6 is 0 Å². The van der Waals surface area contributed by atoms with E-state index in [-0.39, 0.29) is 11.9 Å². The van der Waals surface area contributed by atoms with Crippen LogP contribution in [0, 0.1) is 0 Å². The fraction of sp³-hybridized carbons (Fsp3) is 0.909. The van der Waals surface area contributed by atoms with Gasteiger partial charge in [-0.25, -0.2) is 0 Å². The van der Waals surface area contributed by atoms with Crippen LogP contribution in [-0.2, 0) is 9.53 Å². The molecule has 0 aliphatic carbocycles. The summed E-state index contributed by atoms with van der Waals surface area (Å²) in [5.41, 5.74) is 5.72. The van der Waals surface area contributed by atoms with Crippen molar-refractivity contribution in [2.24, 2.45) is 5.73 Å². The van der Waals surface area contributed by atoms with Gasteiger partial charge in [-0.2, -0.15) is 0 Å². The number of rotatable bonds is 4. The second kappa shape index (κ2) is 6.08. The molecule has 0 spiro atoms. The summed E-state index contributed by atoms with van der Waals surface area (Å²) < 4.78 is 5.53. The van der Waals surface area contributed by atoms with E-state index in [1.165, 1.54) is 0 Å². The average molecular weight is 214 g/mol. The maximum atomic E-state index is 11.8. The number of carbonyl (C=O) groups excluding carboxylic acids is 1. The van der Waals surface area contributed by atoms with Gasteiger partial charge in [-0.05, 0) is 26.2 Å². The minimum absolute atomic E-state index is 0.0902. The van der Waals surface area contributed by atoms with E-state index in [2.05, 4.69) is 0 Å². The molecule has 1 heterocycles. The third-order valence-electron chi connectivity index (χ3n) is 2.91. The van der Waals surface area contributed by atoms with E-state index < -0.39 is 0 Å². The summed E-state index contributed by atoms with van der Waals surface area (Å²) in [6.45, 7) is 6.28. The minimum atomic E-state index is -0.325. The first-order valence-electron chi connectivity index (χ1n) is 5.85. The van der Waals surface area contributed by atoms with Gasteiger partial charge in [0.05, 0.1) is 12.1 Å². The van der Waals surface area contributed by atoms with Crippen LogP contribution in [-0.4, -0.2) is 42.6 Å². The van der Waals surface area contributed by atoms with Gasteiger partial charge in [0.1, 0.15) is 0 Å². The summed E-state index contributed by atoms with van der Waals surface area (Å²) in [7, 11) is 0. The summed E-state index contributed by atoms with van der Waals surface area (Å²) in [6.07, 6.45) is 2.92. The van der Waals surface area contributed by atoms with Crippen LogP contribution in [0.3, 0.4) is 0 Å². The van der Waals surface area contributed by atoms with Crippen molar-refractivity contribution in [3.8, 4) is 0 Å². The fourth-order valence-electron chi connectivity index (χ4n) is 1.89. The molecular weight excluding hydrogens is 192 g/mol. The van der Waals surface area contributed by atoms with Gasteiger partial charge in [-0.15, -0.1) is 0 Å². The highest BCUT2D eigenvalue weighted by Crippen LogP contribution is 2.14. The summed E-state index contributed by atoms with van der Waals surface area (Å²) in [5, 5.41) is 0. The molecule has 1 rings (SSSR count). The van der Waals surface area contributed by atoms with Crippen molar-refractivity contribution in [2.75, 3.05) is 19.7 Å². The summed E-state index contributed by atoms with van der Waals surface area (Å²) in [4.78, 5) is 13.6. The van der Waals surface area contributed by atoms with Gasteiger partial charge >= 0.3 is 0 Å². The molecule has 2 N–H and O–H groups in total. The first-order valence-corrected chi connectivity index (χ1v) is 5.85. The van der Waals surface area contributed by atoms with E-state index in [1.54, 1.807) is 0 Å². The topological polar surface area (TPSA) is 55.6 Å². The van der Waals surface area contributed by atoms with Crippen molar-refractivity contribution >= 4 is 5.91 Å². The zero-order valence-corrected chi connectivity index (χ0v) is 9.74. The highest BCUT2D eigenvalue weighted by molar-refractivity contribution is 5.81. The monoisotopic (exact) mass is 214 g/mol. The molecule has 4 heteroatoms. The second-order valence-corrected chi connectivity index (χ2v) is 3.99. The zero-order valence-electron chi connectivity index (χ0n) is 9.74. The lowest BCUT2D eigenvalue weighted by Gasteiger charge is -2.33. The van der Waals surface area contributed by atoms with Gasteiger partial charge in [-0.3, -0.25) is 4.79 Å². The molecule has 1 saturated heterocycles. The molecule has 1 atom stereocenters. The Kier molecular flexibility index (Phi) is 5.05. The lowest BCUT2D eigenvalue weighted by molar-refractivity contribution is -0.135. The summed E-state index contributed by atoms with van der Waals surface area (Å²) in [6, 6.07) is -0.325. The van der Waals surface area contributed by atoms with Crippen LogP contribution in [0.4, 0.5) is 0 Å².